The predicted molar refractivity (Wildman–Crippen MR) is 306 cm³/mol. The number of aromatic nitrogens is 6. The molecule has 0 bridgehead atoms. The number of nitrogens with zero attached hydrogens (tertiary/aromatic N) is 6. The number of ether oxygens (including phenoxy) is 7. The molecule has 4 aliphatic rings. The van der Waals surface area contributed by atoms with Crippen LogP contribution in [0.4, 0.5) is 26.3 Å². The number of hydrogen-bond donors (Lipinski definition) is 5. The predicted octanol–water partition coefficient (Wildman–Crippen LogP) is 6.70. The molecule has 6 aromatic rings. The highest BCUT2D eigenvalue weighted by Gasteiger charge is 2.49. The molecule has 21 nitrogen and oxygen atoms in total. The number of carbonyl (C=O) groups is 3. The first-order valence-corrected chi connectivity index (χ1v) is 29.7. The van der Waals surface area contributed by atoms with Crippen LogP contribution in [0.3, 0.4) is 0 Å². The number of carboxylic acids is 1. The average molecular weight is 1280 g/mol. The van der Waals surface area contributed by atoms with Gasteiger partial charge in [-0.15, -0.1) is 33.7 Å². The number of aliphatic hydroxyl groups is 3. The van der Waals surface area contributed by atoms with Crippen molar-refractivity contribution in [2.75, 3.05) is 53.9 Å². The quantitative estimate of drug-likeness (QED) is 0.0275. The van der Waals surface area contributed by atoms with Crippen molar-refractivity contribution in [2.24, 2.45) is 23.5 Å². The summed E-state index contributed by atoms with van der Waals surface area (Å²) >= 11 is 2.83. The molecule has 4 aromatic carbocycles. The number of Topliss-reactive ketones (excluding diaryl/α,β-unsaturated/α-hetero) is 1. The van der Waals surface area contributed by atoms with E-state index in [0.29, 0.717) is 43.2 Å². The Labute approximate surface area is 510 Å². The lowest BCUT2D eigenvalue weighted by Crippen LogP contribution is -2.59. The van der Waals surface area contributed by atoms with Gasteiger partial charge in [-0.1, -0.05) is 84.9 Å². The Kier molecular flexibility index (Phi) is 23.7. The van der Waals surface area contributed by atoms with E-state index in [9.17, 15) is 56.0 Å². The third-order valence-electron chi connectivity index (χ3n) is 15.7. The van der Waals surface area contributed by atoms with Gasteiger partial charge in [0.2, 0.25) is 0 Å². The highest BCUT2D eigenvalue weighted by molar-refractivity contribution is 8.00. The van der Waals surface area contributed by atoms with E-state index in [1.165, 1.54) is 18.7 Å². The number of carboxylic acid groups (broad SMARTS) is 1. The summed E-state index contributed by atoms with van der Waals surface area (Å²) in [5, 5.41) is 57.2. The Morgan fingerprint density at radius 3 is 1.65 bits per heavy atom. The van der Waals surface area contributed by atoms with Crippen molar-refractivity contribution < 1.29 is 94.3 Å². The van der Waals surface area contributed by atoms with Crippen LogP contribution in [0, 0.1) is 52.7 Å². The molecule has 0 saturated carbocycles. The number of carbonyl (C=O) groups excluding carboxylic acids is 2. The van der Waals surface area contributed by atoms with Crippen molar-refractivity contribution in [3.8, 4) is 22.5 Å². The molecule has 4 saturated heterocycles. The van der Waals surface area contributed by atoms with Crippen molar-refractivity contribution in [2.45, 2.75) is 103 Å². The van der Waals surface area contributed by atoms with Crippen molar-refractivity contribution in [1.82, 2.24) is 30.0 Å². The highest BCUT2D eigenvalue weighted by atomic mass is 32.2. The molecule has 6 N–H and O–H groups in total. The van der Waals surface area contributed by atoms with Crippen molar-refractivity contribution in [3.05, 3.63) is 143 Å². The van der Waals surface area contributed by atoms with Crippen LogP contribution in [0.5, 0.6) is 0 Å². The number of thioether (sulfide) groups is 2. The molecule has 29 heteroatoms. The third kappa shape index (κ3) is 16.2. The molecule has 4 fully saturated rings. The number of halogens is 6. The molecule has 0 radical (unpaired) electrons. The van der Waals surface area contributed by atoms with Gasteiger partial charge in [-0.05, 0) is 30.2 Å². The normalized spacial score (nSPS) is 28.8. The zero-order valence-electron chi connectivity index (χ0n) is 48.1. The maximum Gasteiger partial charge on any atom is 0.335 e. The molecule has 16 atom stereocenters. The number of ketones is 1. The first-order valence-electron chi connectivity index (χ1n) is 27.8. The van der Waals surface area contributed by atoms with Gasteiger partial charge in [-0.2, -0.15) is 0 Å². The topological polar surface area (TPSA) is 284 Å². The van der Waals surface area contributed by atoms with Gasteiger partial charge in [-0.3, -0.25) is 9.59 Å². The molecule has 0 spiro atoms. The Bertz CT molecular complexity index is 3250. The van der Waals surface area contributed by atoms with Gasteiger partial charge in [0, 0.05) is 67.4 Å². The Morgan fingerprint density at radius 1 is 0.659 bits per heavy atom. The van der Waals surface area contributed by atoms with E-state index in [0.717, 1.165) is 28.6 Å². The molecule has 0 aliphatic carbocycles. The second-order valence-corrected chi connectivity index (χ2v) is 24.0. The van der Waals surface area contributed by atoms with Crippen molar-refractivity contribution >= 4 is 41.2 Å². The van der Waals surface area contributed by atoms with Crippen LogP contribution in [0.2, 0.25) is 0 Å². The number of hydrogen-bond acceptors (Lipinski definition) is 20. The minimum absolute atomic E-state index is 0.0134. The minimum atomic E-state index is -1.70. The van der Waals surface area contributed by atoms with Gasteiger partial charge in [0.15, 0.2) is 40.7 Å². The van der Waals surface area contributed by atoms with Crippen LogP contribution in [-0.4, -0.2) is 186 Å². The number of esters is 1. The fourth-order valence-electron chi connectivity index (χ4n) is 10.5. The number of benzene rings is 4. The number of aliphatic hydroxyl groups excluding tert-OH is 3. The average Bonchev–Trinajstić information content (AvgIpc) is 4.04. The summed E-state index contributed by atoms with van der Waals surface area (Å²) in [4.78, 5) is 34.5. The van der Waals surface area contributed by atoms with Gasteiger partial charge < -0.3 is 59.3 Å². The molecular formula is C59H67F6N7O14S2. The van der Waals surface area contributed by atoms with Gasteiger partial charge in [-0.25, -0.2) is 40.5 Å². The Morgan fingerprint density at radius 2 is 1.14 bits per heavy atom. The van der Waals surface area contributed by atoms with Crippen molar-refractivity contribution in [3.63, 3.8) is 0 Å². The summed E-state index contributed by atoms with van der Waals surface area (Å²) < 4.78 is 122. The number of rotatable bonds is 17. The van der Waals surface area contributed by atoms with E-state index in [4.69, 9.17) is 44.0 Å². The van der Waals surface area contributed by atoms with Crippen LogP contribution in [0.25, 0.3) is 22.5 Å². The second-order valence-electron chi connectivity index (χ2n) is 21.3. The van der Waals surface area contributed by atoms with E-state index in [1.807, 2.05) is 78.5 Å². The lowest BCUT2D eigenvalue weighted by atomic mass is 9.84. The SMILES string of the molecule is COC1C(SC2COCC(n3cc(-c4ccccc4)nn3)C2C)OC(COC(C)=O)C(C)C1N.COC1C(SC2COCC(n3cc(-c4ccccc4)nn3)C2O)OC(CO)C(O)C1CC(=O)c1cc(F)c(F)c(F)c1.O=C(O)c1cc(F)c(F)c(F)c1. The summed E-state index contributed by atoms with van der Waals surface area (Å²) in [6, 6.07) is 20.7. The number of nitrogens with two attached hydrogens (primary N) is 1. The fraction of sp³-hybridized carbons (Fsp3) is 0.475. The van der Waals surface area contributed by atoms with E-state index < -0.39 is 118 Å². The zero-order chi connectivity index (χ0) is 63.5. The number of aromatic carboxylic acids is 1. The second kappa shape index (κ2) is 30.9. The summed E-state index contributed by atoms with van der Waals surface area (Å²) in [5.74, 6) is -12.7. The van der Waals surface area contributed by atoms with Crippen LogP contribution in [0.15, 0.2) is 97.3 Å². The third-order valence-corrected chi connectivity index (χ3v) is 18.6. The molecular weight excluding hydrogens is 1210 g/mol. The van der Waals surface area contributed by atoms with Gasteiger partial charge in [0.25, 0.3) is 0 Å². The summed E-state index contributed by atoms with van der Waals surface area (Å²) in [6.45, 7) is 6.68. The van der Waals surface area contributed by atoms with E-state index in [-0.39, 0.29) is 72.6 Å². The molecule has 0 amide bonds. The van der Waals surface area contributed by atoms with Gasteiger partial charge >= 0.3 is 11.9 Å². The molecule has 2 aromatic heterocycles. The van der Waals surface area contributed by atoms with Crippen LogP contribution >= 0.6 is 23.5 Å². The Hall–Kier alpha value is -6.35. The number of methoxy groups -OCH3 is 2. The lowest BCUT2D eigenvalue weighted by Gasteiger charge is -2.45. The van der Waals surface area contributed by atoms with Gasteiger partial charge in [0.1, 0.15) is 47.1 Å². The fourth-order valence-corrected chi connectivity index (χ4v) is 13.7. The molecule has 4 aliphatic heterocycles. The highest BCUT2D eigenvalue weighted by Crippen LogP contribution is 2.43. The maximum absolute atomic E-state index is 13.8. The van der Waals surface area contributed by atoms with Crippen LogP contribution in [-0.2, 0) is 38.0 Å². The van der Waals surface area contributed by atoms with Crippen LogP contribution in [0.1, 0.15) is 60.0 Å². The first kappa shape index (κ1) is 67.6. The molecule has 6 heterocycles. The van der Waals surface area contributed by atoms with Gasteiger partial charge in [0.05, 0.1) is 86.7 Å². The van der Waals surface area contributed by atoms with E-state index in [2.05, 4.69) is 27.5 Å². The smallest absolute Gasteiger partial charge is 0.335 e. The monoisotopic (exact) mass is 1280 g/mol. The molecule has 476 valence electrons. The van der Waals surface area contributed by atoms with E-state index in [1.54, 1.807) is 25.1 Å². The Balaban J connectivity index is 0.000000195. The molecule has 10 rings (SSSR count). The molecule has 16 unspecified atom stereocenters. The largest absolute Gasteiger partial charge is 0.478 e. The van der Waals surface area contributed by atoms with Crippen molar-refractivity contribution in [1.29, 1.82) is 0 Å². The lowest BCUT2D eigenvalue weighted by molar-refractivity contribution is -0.189. The van der Waals surface area contributed by atoms with Crippen LogP contribution < -0.4 is 5.73 Å². The summed E-state index contributed by atoms with van der Waals surface area (Å²) in [7, 11) is 3.00. The zero-order valence-corrected chi connectivity index (χ0v) is 49.8. The van der Waals surface area contributed by atoms with E-state index >= 15 is 0 Å². The standard InChI is InChI=1S/C28H30F3N3O7S.C24H34N4O5S.C7H3F3O2/c1-39-27-16(9-21(36)15-7-17(29)24(31)18(30)8-15)25(37)22(11-35)41-28(27)42-23-13-40-12-20(26(23)38)34-10-19(32-33-34)14-5-3-2-4-6-14;1-14-19(28-10-18(26-27-28)17-8-6-5-7-9-17)11-31-13-21(14)34-24-23(30-4)22(25)15(2)20(33-24)12-32-16(3)29;8-4-1-3(7(11)12)2-5(9)6(4)10/h2-8,10,16,20,22-23,25-28,35,37-38H,9,11-13H2,1H3;5-10,14-15,19-24H,11-13,25H2,1-4H3;1-2H,(H,11,12). The minimum Gasteiger partial charge on any atom is -0.478 e. The first-order chi connectivity index (χ1) is 42.1. The molecule has 88 heavy (non-hydrogen) atoms. The maximum atomic E-state index is 13.8. The summed E-state index contributed by atoms with van der Waals surface area (Å²) in [5.41, 5.74) is 7.67. The summed E-state index contributed by atoms with van der Waals surface area (Å²) in [6.07, 6.45) is -1.70.